The molecule has 102 valence electrons. The minimum absolute atomic E-state index is 0.0576. The van der Waals surface area contributed by atoms with E-state index in [1.165, 1.54) is 0 Å². The van der Waals surface area contributed by atoms with Crippen molar-refractivity contribution in [3.63, 3.8) is 0 Å². The van der Waals surface area contributed by atoms with Crippen molar-refractivity contribution in [2.45, 2.75) is 40.2 Å². The number of hydrogen-bond acceptors (Lipinski definition) is 4. The van der Waals surface area contributed by atoms with Gasteiger partial charge >= 0.3 is 5.97 Å². The molecule has 1 atom stereocenters. The molecule has 0 aliphatic rings. The van der Waals surface area contributed by atoms with Crippen LogP contribution < -0.4 is 5.32 Å². The Kier molecular flexibility index (Phi) is 9.09. The molecule has 0 aliphatic heterocycles. The standard InChI is InChI=1S/C13H28N2O2/c1-6-17-13(16)12(4)10-14-8-7-9-15(5)11(2)3/h11-12,14H,6-10H2,1-5H3. The van der Waals surface area contributed by atoms with Crippen LogP contribution >= 0.6 is 0 Å². The zero-order valence-corrected chi connectivity index (χ0v) is 12.0. The van der Waals surface area contributed by atoms with Crippen LogP contribution in [0, 0.1) is 5.92 Å². The van der Waals surface area contributed by atoms with Crippen molar-refractivity contribution in [2.24, 2.45) is 5.92 Å². The van der Waals surface area contributed by atoms with E-state index in [1.54, 1.807) is 0 Å². The molecule has 1 N–H and O–H groups in total. The molecule has 0 heterocycles. The largest absolute Gasteiger partial charge is 0.466 e. The zero-order valence-electron chi connectivity index (χ0n) is 12.0. The summed E-state index contributed by atoms with van der Waals surface area (Å²) in [6.45, 7) is 11.3. The summed E-state index contributed by atoms with van der Waals surface area (Å²) in [5, 5.41) is 3.29. The van der Waals surface area contributed by atoms with Crippen LogP contribution in [-0.4, -0.2) is 50.2 Å². The molecule has 0 aliphatic carbocycles. The summed E-state index contributed by atoms with van der Waals surface area (Å²) in [5.74, 6) is -0.169. The molecule has 1 unspecified atom stereocenters. The lowest BCUT2D eigenvalue weighted by Crippen LogP contribution is -2.32. The molecule has 4 heteroatoms. The number of carbonyl (C=O) groups excluding carboxylic acids is 1. The van der Waals surface area contributed by atoms with E-state index < -0.39 is 0 Å². The second-order valence-corrected chi connectivity index (χ2v) is 4.79. The summed E-state index contributed by atoms with van der Waals surface area (Å²) >= 11 is 0. The van der Waals surface area contributed by atoms with E-state index >= 15 is 0 Å². The van der Waals surface area contributed by atoms with Crippen LogP contribution in [-0.2, 0) is 9.53 Å². The van der Waals surface area contributed by atoms with E-state index in [0.717, 1.165) is 19.5 Å². The molecule has 0 aromatic carbocycles. The number of nitrogens with one attached hydrogen (secondary N) is 1. The Morgan fingerprint density at radius 1 is 1.35 bits per heavy atom. The summed E-state index contributed by atoms with van der Waals surface area (Å²) in [6, 6.07) is 0.591. The predicted octanol–water partition coefficient (Wildman–Crippen LogP) is 1.51. The monoisotopic (exact) mass is 244 g/mol. The molecule has 0 rings (SSSR count). The van der Waals surface area contributed by atoms with E-state index in [-0.39, 0.29) is 11.9 Å². The number of esters is 1. The molecule has 4 nitrogen and oxygen atoms in total. The summed E-state index contributed by atoms with van der Waals surface area (Å²) in [7, 11) is 2.13. The van der Waals surface area contributed by atoms with Crippen LogP contribution in [0.25, 0.3) is 0 Å². The fourth-order valence-electron chi connectivity index (χ4n) is 1.40. The van der Waals surface area contributed by atoms with Crippen LogP contribution in [0.15, 0.2) is 0 Å². The van der Waals surface area contributed by atoms with Crippen molar-refractivity contribution >= 4 is 5.97 Å². The van der Waals surface area contributed by atoms with Crippen LogP contribution in [0.1, 0.15) is 34.1 Å². The predicted molar refractivity (Wildman–Crippen MR) is 71.0 cm³/mol. The van der Waals surface area contributed by atoms with Gasteiger partial charge in [0, 0.05) is 12.6 Å². The van der Waals surface area contributed by atoms with Crippen molar-refractivity contribution in [3.05, 3.63) is 0 Å². The van der Waals surface area contributed by atoms with E-state index in [4.69, 9.17) is 4.74 Å². The Labute approximate surface area is 106 Å². The lowest BCUT2D eigenvalue weighted by atomic mass is 10.2. The van der Waals surface area contributed by atoms with Gasteiger partial charge in [0.1, 0.15) is 0 Å². The summed E-state index contributed by atoms with van der Waals surface area (Å²) < 4.78 is 4.94. The highest BCUT2D eigenvalue weighted by molar-refractivity contribution is 5.72. The van der Waals surface area contributed by atoms with Gasteiger partial charge in [-0.2, -0.15) is 0 Å². The summed E-state index contributed by atoms with van der Waals surface area (Å²) in [6.07, 6.45) is 1.10. The summed E-state index contributed by atoms with van der Waals surface area (Å²) in [4.78, 5) is 13.6. The minimum atomic E-state index is -0.112. The Balaban J connectivity index is 3.48. The molecule has 0 radical (unpaired) electrons. The minimum Gasteiger partial charge on any atom is -0.466 e. The maximum atomic E-state index is 11.3. The van der Waals surface area contributed by atoms with E-state index in [2.05, 4.69) is 31.1 Å². The maximum absolute atomic E-state index is 11.3. The number of hydrogen-bond donors (Lipinski definition) is 1. The normalized spacial score (nSPS) is 13.1. The van der Waals surface area contributed by atoms with Gasteiger partial charge in [0.05, 0.1) is 12.5 Å². The zero-order chi connectivity index (χ0) is 13.3. The molecule has 0 spiro atoms. The first-order valence-electron chi connectivity index (χ1n) is 6.56. The molecule has 0 fully saturated rings. The molecule has 17 heavy (non-hydrogen) atoms. The fourth-order valence-corrected chi connectivity index (χ4v) is 1.40. The second-order valence-electron chi connectivity index (χ2n) is 4.79. The Hall–Kier alpha value is -0.610. The topological polar surface area (TPSA) is 41.6 Å². The van der Waals surface area contributed by atoms with Gasteiger partial charge < -0.3 is 15.0 Å². The lowest BCUT2D eigenvalue weighted by molar-refractivity contribution is -0.147. The van der Waals surface area contributed by atoms with Gasteiger partial charge in [-0.3, -0.25) is 4.79 Å². The molecule has 0 amide bonds. The lowest BCUT2D eigenvalue weighted by Gasteiger charge is -2.21. The van der Waals surface area contributed by atoms with Crippen molar-refractivity contribution in [1.82, 2.24) is 10.2 Å². The third-order valence-corrected chi connectivity index (χ3v) is 2.89. The number of ether oxygens (including phenoxy) is 1. The second kappa shape index (κ2) is 9.42. The van der Waals surface area contributed by atoms with Gasteiger partial charge in [-0.25, -0.2) is 0 Å². The number of nitrogens with zero attached hydrogens (tertiary/aromatic N) is 1. The van der Waals surface area contributed by atoms with Gasteiger partial charge in [0.2, 0.25) is 0 Å². The Morgan fingerprint density at radius 2 is 2.00 bits per heavy atom. The van der Waals surface area contributed by atoms with Gasteiger partial charge in [-0.15, -0.1) is 0 Å². The van der Waals surface area contributed by atoms with Crippen molar-refractivity contribution in [1.29, 1.82) is 0 Å². The van der Waals surface area contributed by atoms with Crippen LogP contribution in [0.4, 0.5) is 0 Å². The van der Waals surface area contributed by atoms with Gasteiger partial charge in [-0.1, -0.05) is 6.92 Å². The van der Waals surface area contributed by atoms with Crippen LogP contribution in [0.5, 0.6) is 0 Å². The van der Waals surface area contributed by atoms with Crippen molar-refractivity contribution in [3.8, 4) is 0 Å². The van der Waals surface area contributed by atoms with E-state index in [0.29, 0.717) is 19.2 Å². The first kappa shape index (κ1) is 16.4. The smallest absolute Gasteiger partial charge is 0.309 e. The van der Waals surface area contributed by atoms with E-state index in [9.17, 15) is 4.79 Å². The van der Waals surface area contributed by atoms with E-state index in [1.807, 2.05) is 13.8 Å². The third kappa shape index (κ3) is 8.16. The summed E-state index contributed by atoms with van der Waals surface area (Å²) in [5.41, 5.74) is 0. The fraction of sp³-hybridized carbons (Fsp3) is 0.923. The maximum Gasteiger partial charge on any atom is 0.309 e. The average Bonchev–Trinajstić information content (AvgIpc) is 2.28. The Morgan fingerprint density at radius 3 is 2.53 bits per heavy atom. The van der Waals surface area contributed by atoms with Gasteiger partial charge in [0.25, 0.3) is 0 Å². The Bertz CT molecular complexity index is 208. The first-order valence-corrected chi connectivity index (χ1v) is 6.56. The average molecular weight is 244 g/mol. The van der Waals surface area contributed by atoms with Gasteiger partial charge in [0.15, 0.2) is 0 Å². The SMILES string of the molecule is CCOC(=O)C(C)CNCCCN(C)C(C)C. The highest BCUT2D eigenvalue weighted by Crippen LogP contribution is 1.97. The molecule has 0 saturated heterocycles. The molecule has 0 saturated carbocycles. The molecular formula is C13H28N2O2. The molecule has 0 aromatic heterocycles. The van der Waals surface area contributed by atoms with Crippen LogP contribution in [0.2, 0.25) is 0 Å². The first-order chi connectivity index (χ1) is 7.99. The highest BCUT2D eigenvalue weighted by atomic mass is 16.5. The number of carbonyl (C=O) groups is 1. The van der Waals surface area contributed by atoms with Crippen molar-refractivity contribution in [2.75, 3.05) is 33.3 Å². The van der Waals surface area contributed by atoms with Gasteiger partial charge in [-0.05, 0) is 47.3 Å². The highest BCUT2D eigenvalue weighted by Gasteiger charge is 2.12. The van der Waals surface area contributed by atoms with Crippen molar-refractivity contribution < 1.29 is 9.53 Å². The molecule has 0 aromatic rings. The third-order valence-electron chi connectivity index (χ3n) is 2.89. The molecular weight excluding hydrogens is 216 g/mol. The quantitative estimate of drug-likeness (QED) is 0.493. The molecule has 0 bridgehead atoms. The number of rotatable bonds is 9. The van der Waals surface area contributed by atoms with Crippen LogP contribution in [0.3, 0.4) is 0 Å².